The first-order chi connectivity index (χ1) is 35.3. The number of benzene rings is 5. The van der Waals surface area contributed by atoms with Gasteiger partial charge in [-0.1, -0.05) is 133 Å². The fourth-order valence-corrected chi connectivity index (χ4v) is 9.07. The van der Waals surface area contributed by atoms with Crippen molar-refractivity contribution in [2.45, 2.75) is 88.2 Å². The Hall–Kier alpha value is -8.44. The first-order valence-corrected chi connectivity index (χ1v) is 24.7. The molecule has 0 aliphatic carbocycles. The van der Waals surface area contributed by atoms with Gasteiger partial charge in [-0.15, -0.1) is 11.3 Å². The maximum absolute atomic E-state index is 14.9. The highest BCUT2D eigenvalue weighted by atomic mass is 32.1. The normalized spacial score (nSPS) is 19.4. The molecule has 7 N–H and O–H groups in total. The Labute approximate surface area is 426 Å². The van der Waals surface area contributed by atoms with E-state index in [4.69, 9.17) is 4.74 Å². The van der Waals surface area contributed by atoms with Crippen molar-refractivity contribution in [3.8, 4) is 11.1 Å². The van der Waals surface area contributed by atoms with Gasteiger partial charge in [-0.25, -0.2) is 4.79 Å². The third-order valence-corrected chi connectivity index (χ3v) is 13.0. The molecule has 0 saturated carbocycles. The van der Waals surface area contributed by atoms with Crippen LogP contribution in [0.25, 0.3) is 11.1 Å². The van der Waals surface area contributed by atoms with Gasteiger partial charge in [0.25, 0.3) is 5.91 Å². The highest BCUT2D eigenvalue weighted by Gasteiger charge is 2.34. The topological polar surface area (TPSA) is 238 Å². The van der Waals surface area contributed by atoms with Gasteiger partial charge < -0.3 is 41.7 Å². The van der Waals surface area contributed by atoms with Crippen molar-refractivity contribution in [3.63, 3.8) is 0 Å². The molecule has 73 heavy (non-hydrogen) atoms. The van der Waals surface area contributed by atoms with Crippen molar-refractivity contribution >= 4 is 64.4 Å². The molecule has 0 saturated heterocycles. The van der Waals surface area contributed by atoms with Crippen LogP contribution < -0.4 is 31.9 Å². The first kappa shape index (κ1) is 52.4. The van der Waals surface area contributed by atoms with Crippen LogP contribution in [0, 0.1) is 0 Å². The van der Waals surface area contributed by atoms with Crippen LogP contribution in [0.3, 0.4) is 0 Å². The summed E-state index contributed by atoms with van der Waals surface area (Å²) in [6.45, 7) is 1.09. The van der Waals surface area contributed by atoms with Gasteiger partial charge in [-0.3, -0.25) is 33.6 Å². The van der Waals surface area contributed by atoms with Crippen LogP contribution in [-0.2, 0) is 75.2 Å². The lowest BCUT2D eigenvalue weighted by atomic mass is 9.98. The smallest absolute Gasteiger partial charge is 0.326 e. The molecule has 2 aliphatic rings. The lowest BCUT2D eigenvalue weighted by molar-refractivity contribution is -0.153. The second-order valence-corrected chi connectivity index (χ2v) is 18.7. The first-order valence-electron chi connectivity index (χ1n) is 23.8. The molecule has 6 aromatic rings. The Morgan fingerprint density at radius 1 is 0.616 bits per heavy atom. The van der Waals surface area contributed by atoms with E-state index in [-0.39, 0.29) is 37.8 Å². The summed E-state index contributed by atoms with van der Waals surface area (Å²) in [5.41, 5.74) is 4.74. The fourth-order valence-electron chi connectivity index (χ4n) is 8.31. The molecule has 2 bridgehead atoms. The zero-order chi connectivity index (χ0) is 51.7. The van der Waals surface area contributed by atoms with Crippen LogP contribution in [0.2, 0.25) is 0 Å². The summed E-state index contributed by atoms with van der Waals surface area (Å²) in [6, 6.07) is 38.1. The average Bonchev–Trinajstić information content (AvgIpc) is 3.91. The molecule has 0 fully saturated rings. The zero-order valence-electron chi connectivity index (χ0n) is 40.0. The summed E-state index contributed by atoms with van der Waals surface area (Å²) in [4.78, 5) is 112. The molecule has 17 heteroatoms. The maximum Gasteiger partial charge on any atom is 0.326 e. The molecule has 2 aliphatic heterocycles. The number of esters is 1. The van der Waals surface area contributed by atoms with E-state index < -0.39 is 90.1 Å². The zero-order valence-corrected chi connectivity index (χ0v) is 40.8. The van der Waals surface area contributed by atoms with E-state index in [1.807, 2.05) is 84.9 Å². The van der Waals surface area contributed by atoms with Crippen molar-refractivity contribution in [2.24, 2.45) is 0 Å². The minimum atomic E-state index is -1.62. The Kier molecular flexibility index (Phi) is 18.4. The molecule has 5 aromatic carbocycles. The number of nitrogens with one attached hydrogen (secondary N) is 6. The number of rotatable bonds is 14. The highest BCUT2D eigenvalue weighted by molar-refractivity contribution is 7.09. The van der Waals surface area contributed by atoms with Gasteiger partial charge in [0.2, 0.25) is 29.5 Å². The lowest BCUT2D eigenvalue weighted by Gasteiger charge is -2.27. The summed E-state index contributed by atoms with van der Waals surface area (Å²) < 4.78 is 5.31. The van der Waals surface area contributed by atoms with E-state index in [0.717, 1.165) is 23.6 Å². The van der Waals surface area contributed by atoms with Gasteiger partial charge in [0.1, 0.15) is 30.2 Å². The second-order valence-electron chi connectivity index (χ2n) is 17.7. The number of fused-ring (bicyclic) bond motifs is 18. The molecule has 0 spiro atoms. The van der Waals surface area contributed by atoms with Crippen LogP contribution in [0.1, 0.15) is 46.9 Å². The lowest BCUT2D eigenvalue weighted by Crippen LogP contribution is -2.60. The molecule has 3 heterocycles. The molecule has 0 unspecified atom stereocenters. The van der Waals surface area contributed by atoms with Crippen LogP contribution in [0.15, 0.2) is 157 Å². The van der Waals surface area contributed by atoms with Crippen molar-refractivity contribution in [3.05, 3.63) is 184 Å². The van der Waals surface area contributed by atoms with Crippen LogP contribution in [0.4, 0.5) is 5.69 Å². The highest BCUT2D eigenvalue weighted by Crippen LogP contribution is 2.21. The Bertz CT molecular complexity index is 2850. The predicted molar refractivity (Wildman–Crippen MR) is 275 cm³/mol. The Balaban J connectivity index is 1.26. The number of thiophene rings is 1. The second kappa shape index (κ2) is 25.6. The number of amides is 6. The van der Waals surface area contributed by atoms with Crippen molar-refractivity contribution < 1.29 is 48.2 Å². The molecular formula is C56H56N6O10S. The number of carbonyl (C=O) groups excluding carboxylic acids is 7. The average molecular weight is 1010 g/mol. The molecule has 1 aromatic heterocycles. The molecule has 376 valence electrons. The molecule has 6 amide bonds. The van der Waals surface area contributed by atoms with Gasteiger partial charge in [-0.2, -0.15) is 0 Å². The van der Waals surface area contributed by atoms with E-state index >= 15 is 0 Å². The van der Waals surface area contributed by atoms with Gasteiger partial charge in [-0.05, 0) is 69.8 Å². The molecule has 0 radical (unpaired) electrons. The van der Waals surface area contributed by atoms with Gasteiger partial charge in [0, 0.05) is 43.2 Å². The predicted octanol–water partition coefficient (Wildman–Crippen LogP) is 5.10. The fraction of sp³-hybridized carbons (Fsp3) is 0.250. The number of hydrogen-bond donors (Lipinski definition) is 7. The van der Waals surface area contributed by atoms with E-state index in [1.165, 1.54) is 23.5 Å². The van der Waals surface area contributed by atoms with Gasteiger partial charge >= 0.3 is 11.9 Å². The van der Waals surface area contributed by atoms with Gasteiger partial charge in [0.05, 0.1) is 6.42 Å². The van der Waals surface area contributed by atoms with E-state index in [2.05, 4.69) is 31.9 Å². The van der Waals surface area contributed by atoms with Crippen molar-refractivity contribution in [2.75, 3.05) is 5.32 Å². The number of carboxylic acid groups (broad SMARTS) is 1. The minimum Gasteiger partial charge on any atom is -0.480 e. The molecule has 6 atom stereocenters. The third-order valence-electron chi connectivity index (χ3n) is 12.1. The number of hydrogen-bond acceptors (Lipinski definition) is 10. The summed E-state index contributed by atoms with van der Waals surface area (Å²) in [7, 11) is 0. The van der Waals surface area contributed by atoms with Crippen molar-refractivity contribution in [1.82, 2.24) is 26.6 Å². The number of carbonyl (C=O) groups is 8. The quantitative estimate of drug-likeness (QED) is 0.0563. The summed E-state index contributed by atoms with van der Waals surface area (Å²) in [6.07, 6.45) is -2.22. The van der Waals surface area contributed by atoms with Crippen LogP contribution in [-0.4, -0.2) is 88.8 Å². The Morgan fingerprint density at radius 2 is 1.21 bits per heavy atom. The van der Waals surface area contributed by atoms with Crippen molar-refractivity contribution in [1.29, 1.82) is 0 Å². The standard InChI is InChI=1S/C56H56N6O10S/c1-35(63)72-49-34-50(64)58-47(33-43-18-11-29-73-43)54(68)61-45(30-38-19-24-41(25-20-38)40-16-9-4-10-17-40)52(66)59-44(28-23-36-12-5-2-6-13-36)51(65)60-46(31-39-21-26-42(27-22-39)57-55(49)69)53(67)62-48(56(70)71)32-37-14-7-3-8-15-37/h2-22,24-27,29,44-49H,23,28,30-34H2,1H3,(H,57,69)(H,58,64)(H,59,66)(H,60,65)(H,61,68)(H,62,67)(H,70,71)/t44-,45+,46-,47-,48+,49-/m1/s1. The number of aliphatic carboxylic acids is 1. The third kappa shape index (κ3) is 15.8. The van der Waals surface area contributed by atoms with E-state index in [0.29, 0.717) is 28.0 Å². The van der Waals surface area contributed by atoms with Gasteiger partial charge in [0.15, 0.2) is 6.10 Å². The van der Waals surface area contributed by atoms with E-state index in [1.54, 1.807) is 60.0 Å². The number of anilines is 1. The minimum absolute atomic E-state index is 0.00816. The monoisotopic (exact) mass is 1000 g/mol. The number of ether oxygens (including phenoxy) is 1. The number of aryl methyl sites for hydroxylation is 1. The molecule has 16 nitrogen and oxygen atoms in total. The maximum atomic E-state index is 14.9. The van der Waals surface area contributed by atoms with Crippen LogP contribution in [0.5, 0.6) is 0 Å². The summed E-state index contributed by atoms with van der Waals surface area (Å²) in [5.74, 6) is -6.87. The van der Waals surface area contributed by atoms with E-state index in [9.17, 15) is 43.5 Å². The Morgan fingerprint density at radius 3 is 1.82 bits per heavy atom. The number of carboxylic acids is 1. The molecule has 8 rings (SSSR count). The largest absolute Gasteiger partial charge is 0.480 e. The van der Waals surface area contributed by atoms with Crippen LogP contribution >= 0.6 is 11.3 Å². The summed E-state index contributed by atoms with van der Waals surface area (Å²) in [5, 5.41) is 28.5. The summed E-state index contributed by atoms with van der Waals surface area (Å²) >= 11 is 1.34. The SMILES string of the molecule is CC(=O)O[C@@H]1CC(=O)N[C@H](Cc2cccs2)C(=O)N[C@@H](Cc2ccc(-c3ccccc3)cc2)C(=O)N[C@H](CCc2ccccc2)C(=O)N[C@@H](C(=O)N[C@@H](Cc2ccccc2)C(=O)O)Cc2ccc(cc2)NC1=O. The molecular weight excluding hydrogens is 949 g/mol.